The zero-order valence-electron chi connectivity index (χ0n) is 11.3. The van der Waals surface area contributed by atoms with Gasteiger partial charge in [0.25, 0.3) is 0 Å². The second kappa shape index (κ2) is 6.01. The molecule has 0 radical (unpaired) electrons. The Morgan fingerprint density at radius 2 is 2.15 bits per heavy atom. The molecule has 1 heterocycles. The van der Waals surface area contributed by atoms with Crippen molar-refractivity contribution in [3.05, 3.63) is 57.8 Å². The summed E-state index contributed by atoms with van der Waals surface area (Å²) in [6.07, 6.45) is 0. The molecule has 20 heavy (non-hydrogen) atoms. The van der Waals surface area contributed by atoms with E-state index in [1.54, 1.807) is 19.2 Å². The molecule has 2 aromatic rings. The number of aromatic nitrogens is 1. The summed E-state index contributed by atoms with van der Waals surface area (Å²) in [4.78, 5) is 14.8. The summed E-state index contributed by atoms with van der Waals surface area (Å²) < 4.78 is 5.53. The molecule has 1 N–H and O–H groups in total. The molecule has 0 amide bonds. The predicted octanol–water partition coefficient (Wildman–Crippen LogP) is 2.92. The van der Waals surface area contributed by atoms with Crippen molar-refractivity contribution in [2.45, 2.75) is 13.5 Å². The van der Waals surface area contributed by atoms with E-state index in [0.29, 0.717) is 5.69 Å². The van der Waals surface area contributed by atoms with Gasteiger partial charge in [0.05, 0.1) is 10.6 Å². The van der Waals surface area contributed by atoms with Crippen LogP contribution in [0.4, 0.5) is 11.5 Å². The van der Waals surface area contributed by atoms with Crippen molar-refractivity contribution in [2.24, 2.45) is 0 Å². The van der Waals surface area contributed by atoms with Gasteiger partial charge >= 0.3 is 5.69 Å². The van der Waals surface area contributed by atoms with Gasteiger partial charge in [-0.3, -0.25) is 10.1 Å². The maximum atomic E-state index is 10.9. The van der Waals surface area contributed by atoms with E-state index < -0.39 is 4.92 Å². The minimum Gasteiger partial charge on any atom is -0.480 e. The number of nitro benzene ring substituents is 1. The first kappa shape index (κ1) is 13.8. The Balaban J connectivity index is 2.17. The fourth-order valence-electron chi connectivity index (χ4n) is 1.74. The number of hydrogen-bond donors (Lipinski definition) is 1. The zero-order chi connectivity index (χ0) is 14.5. The molecule has 6 heteroatoms. The minimum absolute atomic E-state index is 0.0413. The molecular weight excluding hydrogens is 258 g/mol. The van der Waals surface area contributed by atoms with Gasteiger partial charge in [0.1, 0.15) is 12.4 Å². The average Bonchev–Trinajstić information content (AvgIpc) is 2.45. The lowest BCUT2D eigenvalue weighted by molar-refractivity contribution is -0.386. The monoisotopic (exact) mass is 273 g/mol. The predicted molar refractivity (Wildman–Crippen MR) is 75.9 cm³/mol. The van der Waals surface area contributed by atoms with Crippen LogP contribution in [0.25, 0.3) is 0 Å². The summed E-state index contributed by atoms with van der Waals surface area (Å²) >= 11 is 0. The van der Waals surface area contributed by atoms with Crippen molar-refractivity contribution < 1.29 is 9.66 Å². The Morgan fingerprint density at radius 3 is 2.85 bits per heavy atom. The van der Waals surface area contributed by atoms with E-state index in [-0.39, 0.29) is 18.0 Å². The fraction of sp³-hybridized carbons (Fsp3) is 0.214. The molecule has 0 fully saturated rings. The smallest absolute Gasteiger partial charge is 0.310 e. The van der Waals surface area contributed by atoms with Crippen molar-refractivity contribution >= 4 is 11.5 Å². The molecule has 0 spiro atoms. The topological polar surface area (TPSA) is 77.3 Å². The number of aryl methyl sites for hydroxylation is 1. The standard InChI is InChI=1S/C14H15N3O3/c1-10-6-7-12(17(18)19)13(8-10)20-9-11-4-3-5-14(15-2)16-11/h3-8H,9H2,1-2H3,(H,15,16). The van der Waals surface area contributed by atoms with E-state index in [1.165, 1.54) is 6.07 Å². The zero-order valence-corrected chi connectivity index (χ0v) is 11.3. The van der Waals surface area contributed by atoms with Gasteiger partial charge in [-0.05, 0) is 30.7 Å². The molecule has 1 aromatic carbocycles. The fourth-order valence-corrected chi connectivity index (χ4v) is 1.74. The number of nitrogens with one attached hydrogen (secondary N) is 1. The van der Waals surface area contributed by atoms with E-state index in [0.717, 1.165) is 11.4 Å². The summed E-state index contributed by atoms with van der Waals surface area (Å²) in [6.45, 7) is 2.04. The molecule has 0 aliphatic heterocycles. The van der Waals surface area contributed by atoms with E-state index in [2.05, 4.69) is 10.3 Å². The Labute approximate surface area is 116 Å². The number of ether oxygens (including phenoxy) is 1. The SMILES string of the molecule is CNc1cccc(COc2cc(C)ccc2[N+](=O)[O-])n1. The molecule has 0 atom stereocenters. The number of benzene rings is 1. The number of rotatable bonds is 5. The molecule has 0 bridgehead atoms. The summed E-state index contributed by atoms with van der Waals surface area (Å²) in [5.74, 6) is 0.983. The Hall–Kier alpha value is -2.63. The highest BCUT2D eigenvalue weighted by Crippen LogP contribution is 2.28. The minimum atomic E-state index is -0.452. The number of pyridine rings is 1. The lowest BCUT2D eigenvalue weighted by atomic mass is 10.2. The second-order valence-corrected chi connectivity index (χ2v) is 4.28. The highest BCUT2D eigenvalue weighted by molar-refractivity contribution is 5.48. The first-order valence-electron chi connectivity index (χ1n) is 6.11. The number of nitro groups is 1. The van der Waals surface area contributed by atoms with Crippen LogP contribution in [0.15, 0.2) is 36.4 Å². The van der Waals surface area contributed by atoms with Crippen LogP contribution in [0.5, 0.6) is 5.75 Å². The molecule has 1 aromatic heterocycles. The van der Waals surface area contributed by atoms with Crippen LogP contribution < -0.4 is 10.1 Å². The van der Waals surface area contributed by atoms with Gasteiger partial charge < -0.3 is 10.1 Å². The van der Waals surface area contributed by atoms with Crippen molar-refractivity contribution in [2.75, 3.05) is 12.4 Å². The van der Waals surface area contributed by atoms with Crippen LogP contribution in [0.3, 0.4) is 0 Å². The van der Waals surface area contributed by atoms with Crippen molar-refractivity contribution in [3.63, 3.8) is 0 Å². The van der Waals surface area contributed by atoms with Gasteiger partial charge in [0.2, 0.25) is 0 Å². The molecule has 2 rings (SSSR count). The third-order valence-electron chi connectivity index (χ3n) is 2.75. The number of hydrogen-bond acceptors (Lipinski definition) is 5. The molecule has 0 aliphatic carbocycles. The Bertz CT molecular complexity index is 629. The molecule has 0 aliphatic rings. The van der Waals surface area contributed by atoms with Gasteiger partial charge in [-0.1, -0.05) is 12.1 Å². The summed E-state index contributed by atoms with van der Waals surface area (Å²) in [7, 11) is 1.78. The van der Waals surface area contributed by atoms with Crippen LogP contribution in [-0.4, -0.2) is 17.0 Å². The Kier molecular flexibility index (Phi) is 4.14. The normalized spacial score (nSPS) is 10.1. The van der Waals surface area contributed by atoms with Gasteiger partial charge in [-0.2, -0.15) is 0 Å². The van der Waals surface area contributed by atoms with Gasteiger partial charge in [0, 0.05) is 13.1 Å². The molecule has 104 valence electrons. The first-order chi connectivity index (χ1) is 9.60. The summed E-state index contributed by atoms with van der Waals surface area (Å²) in [5, 5.41) is 13.9. The highest BCUT2D eigenvalue weighted by Gasteiger charge is 2.15. The lowest BCUT2D eigenvalue weighted by Crippen LogP contribution is -2.02. The largest absolute Gasteiger partial charge is 0.480 e. The van der Waals surface area contributed by atoms with E-state index in [1.807, 2.05) is 25.1 Å². The molecule has 6 nitrogen and oxygen atoms in total. The molecular formula is C14H15N3O3. The van der Waals surface area contributed by atoms with Crippen LogP contribution in [0, 0.1) is 17.0 Å². The lowest BCUT2D eigenvalue weighted by Gasteiger charge is -2.08. The second-order valence-electron chi connectivity index (χ2n) is 4.28. The van der Waals surface area contributed by atoms with Crippen molar-refractivity contribution in [1.29, 1.82) is 0 Å². The van der Waals surface area contributed by atoms with Crippen molar-refractivity contribution in [3.8, 4) is 5.75 Å². The van der Waals surface area contributed by atoms with Crippen molar-refractivity contribution in [1.82, 2.24) is 4.98 Å². The van der Waals surface area contributed by atoms with E-state index in [9.17, 15) is 10.1 Å². The molecule has 0 unspecified atom stereocenters. The third kappa shape index (κ3) is 3.23. The maximum Gasteiger partial charge on any atom is 0.310 e. The van der Waals surface area contributed by atoms with Gasteiger partial charge in [-0.25, -0.2) is 4.98 Å². The van der Waals surface area contributed by atoms with Crippen LogP contribution >= 0.6 is 0 Å². The van der Waals surface area contributed by atoms with Gasteiger partial charge in [-0.15, -0.1) is 0 Å². The quantitative estimate of drug-likeness (QED) is 0.669. The average molecular weight is 273 g/mol. The maximum absolute atomic E-state index is 10.9. The van der Waals surface area contributed by atoms with E-state index in [4.69, 9.17) is 4.74 Å². The summed E-state index contributed by atoms with van der Waals surface area (Å²) in [5.41, 5.74) is 1.57. The Morgan fingerprint density at radius 1 is 1.35 bits per heavy atom. The van der Waals surface area contributed by atoms with Crippen LogP contribution in [0.1, 0.15) is 11.3 Å². The highest BCUT2D eigenvalue weighted by atomic mass is 16.6. The third-order valence-corrected chi connectivity index (χ3v) is 2.75. The molecule has 0 saturated heterocycles. The van der Waals surface area contributed by atoms with Gasteiger partial charge in [0.15, 0.2) is 5.75 Å². The van der Waals surface area contributed by atoms with E-state index >= 15 is 0 Å². The number of nitrogens with zero attached hydrogens (tertiary/aromatic N) is 2. The van der Waals surface area contributed by atoms with Crippen LogP contribution in [-0.2, 0) is 6.61 Å². The van der Waals surface area contributed by atoms with Crippen LogP contribution in [0.2, 0.25) is 0 Å². The number of anilines is 1. The summed E-state index contributed by atoms with van der Waals surface area (Å²) in [6, 6.07) is 10.3. The molecule has 0 saturated carbocycles. The first-order valence-corrected chi connectivity index (χ1v) is 6.11.